The van der Waals surface area contributed by atoms with Crippen LogP contribution >= 0.6 is 0 Å². The van der Waals surface area contributed by atoms with E-state index in [1.165, 1.54) is 4.90 Å². The Morgan fingerprint density at radius 3 is 2.52 bits per heavy atom. The van der Waals surface area contributed by atoms with Crippen molar-refractivity contribution in [3.05, 3.63) is 29.8 Å². The zero-order valence-electron chi connectivity index (χ0n) is 13.1. The van der Waals surface area contributed by atoms with Crippen molar-refractivity contribution < 1.29 is 27.2 Å². The highest BCUT2D eigenvalue weighted by molar-refractivity contribution is 7.85. The van der Waals surface area contributed by atoms with Gasteiger partial charge in [0.05, 0.1) is 20.0 Å². The van der Waals surface area contributed by atoms with Crippen molar-refractivity contribution in [2.24, 2.45) is 5.92 Å². The van der Waals surface area contributed by atoms with Crippen molar-refractivity contribution in [3.63, 3.8) is 0 Å². The maximum atomic E-state index is 11.2. The Hall–Kier alpha value is -1.80. The Morgan fingerprint density at radius 2 is 2.00 bits per heavy atom. The molecular weight excluding hydrogens is 322 g/mol. The maximum absolute atomic E-state index is 11.2. The van der Waals surface area contributed by atoms with E-state index in [0.29, 0.717) is 13.0 Å². The molecule has 0 spiro atoms. The average molecular weight is 343 g/mol. The first-order valence-electron chi connectivity index (χ1n) is 7.26. The minimum atomic E-state index is -3.56. The molecule has 128 valence electrons. The van der Waals surface area contributed by atoms with Gasteiger partial charge in [-0.25, -0.2) is 4.79 Å². The molecular formula is C15H21NO6S. The fraction of sp³-hybridized carbons (Fsp3) is 0.533. The van der Waals surface area contributed by atoms with Gasteiger partial charge in [-0.3, -0.25) is 4.18 Å². The number of ether oxygens (including phenoxy) is 1. The lowest BCUT2D eigenvalue weighted by atomic mass is 9.81. The van der Waals surface area contributed by atoms with Crippen LogP contribution in [0.5, 0.6) is 5.75 Å². The molecule has 1 aliphatic rings. The van der Waals surface area contributed by atoms with Crippen molar-refractivity contribution in [2.75, 3.05) is 33.1 Å². The van der Waals surface area contributed by atoms with Crippen LogP contribution in [0.1, 0.15) is 17.9 Å². The first-order chi connectivity index (χ1) is 10.8. The zero-order valence-corrected chi connectivity index (χ0v) is 14.0. The highest BCUT2D eigenvalue weighted by Crippen LogP contribution is 2.34. The van der Waals surface area contributed by atoms with Gasteiger partial charge in [0.25, 0.3) is 10.1 Å². The molecule has 1 N–H and O–H groups in total. The average Bonchev–Trinajstić information content (AvgIpc) is 2.52. The van der Waals surface area contributed by atoms with Gasteiger partial charge < -0.3 is 14.7 Å². The third-order valence-corrected chi connectivity index (χ3v) is 4.61. The summed E-state index contributed by atoms with van der Waals surface area (Å²) in [4.78, 5) is 12.5. The van der Waals surface area contributed by atoms with Crippen LogP contribution in [0.25, 0.3) is 0 Å². The summed E-state index contributed by atoms with van der Waals surface area (Å²) < 4.78 is 32.6. The van der Waals surface area contributed by atoms with E-state index in [4.69, 9.17) is 14.0 Å². The first kappa shape index (κ1) is 17.6. The lowest BCUT2D eigenvalue weighted by Gasteiger charge is -2.37. The van der Waals surface area contributed by atoms with Gasteiger partial charge in [-0.05, 0) is 30.0 Å². The Balaban J connectivity index is 2.18. The normalized spacial score (nSPS) is 21.9. The van der Waals surface area contributed by atoms with E-state index in [1.807, 2.05) is 24.3 Å². The van der Waals surface area contributed by atoms with Crippen molar-refractivity contribution in [1.29, 1.82) is 0 Å². The van der Waals surface area contributed by atoms with Crippen molar-refractivity contribution >= 4 is 16.2 Å². The van der Waals surface area contributed by atoms with E-state index < -0.39 is 16.2 Å². The molecule has 1 aromatic carbocycles. The minimum absolute atomic E-state index is 0.0285. The number of methoxy groups -OCH3 is 1. The van der Waals surface area contributed by atoms with Crippen molar-refractivity contribution in [1.82, 2.24) is 4.90 Å². The maximum Gasteiger partial charge on any atom is 0.407 e. The van der Waals surface area contributed by atoms with Crippen LogP contribution in [0, 0.1) is 5.92 Å². The predicted molar refractivity (Wildman–Crippen MR) is 84.2 cm³/mol. The van der Waals surface area contributed by atoms with E-state index in [9.17, 15) is 13.2 Å². The van der Waals surface area contributed by atoms with Gasteiger partial charge >= 0.3 is 6.09 Å². The molecule has 0 aromatic heterocycles. The van der Waals surface area contributed by atoms with Crippen molar-refractivity contribution in [3.8, 4) is 5.75 Å². The number of carbonyl (C=O) groups is 1. The molecule has 1 heterocycles. The molecule has 7 nitrogen and oxygen atoms in total. The van der Waals surface area contributed by atoms with E-state index in [-0.39, 0.29) is 25.0 Å². The Labute approximate surface area is 135 Å². The van der Waals surface area contributed by atoms with Gasteiger partial charge in [-0.1, -0.05) is 12.1 Å². The predicted octanol–water partition coefficient (Wildman–Crippen LogP) is 1.75. The number of hydrogen-bond donors (Lipinski definition) is 1. The van der Waals surface area contributed by atoms with Crippen LogP contribution < -0.4 is 4.74 Å². The molecule has 0 saturated carbocycles. The fourth-order valence-corrected chi connectivity index (χ4v) is 3.30. The molecule has 8 heteroatoms. The fourth-order valence-electron chi connectivity index (χ4n) is 2.88. The summed E-state index contributed by atoms with van der Waals surface area (Å²) in [6, 6.07) is 7.53. The van der Waals surface area contributed by atoms with Crippen LogP contribution in [-0.4, -0.2) is 57.6 Å². The van der Waals surface area contributed by atoms with Crippen molar-refractivity contribution in [2.45, 2.75) is 12.3 Å². The summed E-state index contributed by atoms with van der Waals surface area (Å²) in [7, 11) is -1.98. The second kappa shape index (κ2) is 7.18. The van der Waals surface area contributed by atoms with Crippen LogP contribution in [-0.2, 0) is 14.3 Å². The number of piperidine rings is 1. The summed E-state index contributed by atoms with van der Waals surface area (Å²) in [6.07, 6.45) is 0.617. The molecule has 0 radical (unpaired) electrons. The lowest BCUT2D eigenvalue weighted by Crippen LogP contribution is -2.44. The van der Waals surface area contributed by atoms with Crippen LogP contribution in [0.15, 0.2) is 24.3 Å². The zero-order chi connectivity index (χ0) is 17.0. The van der Waals surface area contributed by atoms with Gasteiger partial charge in [-0.15, -0.1) is 0 Å². The molecule has 2 atom stereocenters. The molecule has 23 heavy (non-hydrogen) atoms. The molecule has 1 fully saturated rings. The Bertz CT molecular complexity index is 642. The van der Waals surface area contributed by atoms with Gasteiger partial charge in [0.2, 0.25) is 0 Å². The molecule has 2 unspecified atom stereocenters. The number of carboxylic acid groups (broad SMARTS) is 1. The largest absolute Gasteiger partial charge is 0.497 e. The number of rotatable bonds is 5. The van der Waals surface area contributed by atoms with Gasteiger partial charge in [0.15, 0.2) is 0 Å². The first-order valence-corrected chi connectivity index (χ1v) is 9.08. The number of hydrogen-bond acceptors (Lipinski definition) is 5. The van der Waals surface area contributed by atoms with E-state index in [2.05, 4.69) is 0 Å². The highest BCUT2D eigenvalue weighted by atomic mass is 32.2. The number of likely N-dealkylation sites (tertiary alicyclic amines) is 1. The SMILES string of the molecule is COc1ccc(C2CCN(C(=O)O)CC2COS(C)(=O)=O)cc1. The summed E-state index contributed by atoms with van der Waals surface area (Å²) >= 11 is 0. The Kier molecular flexibility index (Phi) is 5.48. The number of amides is 1. The van der Waals surface area contributed by atoms with E-state index in [1.54, 1.807) is 7.11 Å². The third kappa shape index (κ3) is 4.84. The second-order valence-corrected chi connectivity index (χ2v) is 7.29. The smallest absolute Gasteiger partial charge is 0.407 e. The molecule has 0 aliphatic carbocycles. The van der Waals surface area contributed by atoms with Crippen LogP contribution in [0.4, 0.5) is 4.79 Å². The molecule has 1 aromatic rings. The standard InChI is InChI=1S/C15H21NO6S/c1-21-13-5-3-11(4-6-13)14-7-8-16(15(17)18)9-12(14)10-22-23(2,19)20/h3-6,12,14H,7-10H2,1-2H3,(H,17,18). The molecule has 1 amide bonds. The van der Waals surface area contributed by atoms with E-state index in [0.717, 1.165) is 17.6 Å². The molecule has 1 aliphatic heterocycles. The van der Waals surface area contributed by atoms with Gasteiger partial charge in [0, 0.05) is 19.0 Å². The molecule has 0 bridgehead atoms. The van der Waals surface area contributed by atoms with Crippen LogP contribution in [0.2, 0.25) is 0 Å². The van der Waals surface area contributed by atoms with Gasteiger partial charge in [-0.2, -0.15) is 8.42 Å². The summed E-state index contributed by atoms with van der Waals surface area (Å²) in [5.74, 6) is 0.557. The highest BCUT2D eigenvalue weighted by Gasteiger charge is 2.33. The second-order valence-electron chi connectivity index (χ2n) is 5.65. The quantitative estimate of drug-likeness (QED) is 0.819. The third-order valence-electron chi connectivity index (χ3n) is 4.04. The molecule has 1 saturated heterocycles. The van der Waals surface area contributed by atoms with Gasteiger partial charge in [0.1, 0.15) is 5.75 Å². The monoisotopic (exact) mass is 343 g/mol. The van der Waals surface area contributed by atoms with Crippen LogP contribution in [0.3, 0.4) is 0 Å². The van der Waals surface area contributed by atoms with E-state index >= 15 is 0 Å². The number of nitrogens with zero attached hydrogens (tertiary/aromatic N) is 1. The summed E-state index contributed by atoms with van der Waals surface area (Å²) in [6.45, 7) is 0.641. The minimum Gasteiger partial charge on any atom is -0.497 e. The number of benzene rings is 1. The molecule has 2 rings (SSSR count). The summed E-state index contributed by atoms with van der Waals surface area (Å²) in [5, 5.41) is 9.16. The Morgan fingerprint density at radius 1 is 1.35 bits per heavy atom. The summed E-state index contributed by atoms with van der Waals surface area (Å²) in [5.41, 5.74) is 1.03. The lowest BCUT2D eigenvalue weighted by molar-refractivity contribution is 0.0955. The topological polar surface area (TPSA) is 93.1 Å².